The van der Waals surface area contributed by atoms with Gasteiger partial charge in [0, 0.05) is 34.3 Å². The minimum atomic E-state index is -0.953. The van der Waals surface area contributed by atoms with Crippen LogP contribution in [-0.4, -0.2) is 27.9 Å². The Bertz CT molecular complexity index is 819. The Morgan fingerprint density at radius 1 is 1.40 bits per heavy atom. The first-order valence-electron chi connectivity index (χ1n) is 7.48. The molecule has 0 bridgehead atoms. The summed E-state index contributed by atoms with van der Waals surface area (Å²) >= 11 is 17.8. The van der Waals surface area contributed by atoms with E-state index in [-0.39, 0.29) is 32.1 Å². The van der Waals surface area contributed by atoms with Gasteiger partial charge in [-0.15, -0.1) is 0 Å². The molecule has 0 spiro atoms. The van der Waals surface area contributed by atoms with Crippen LogP contribution in [0.5, 0.6) is 0 Å². The number of thiocarbonyl (C=S) groups is 1. The number of nitrogens with two attached hydrogens (primary N) is 2. The lowest BCUT2D eigenvalue weighted by Crippen LogP contribution is -2.48. The molecule has 2 aliphatic rings. The number of halogens is 2. The highest BCUT2D eigenvalue weighted by Gasteiger charge is 2.45. The van der Waals surface area contributed by atoms with Gasteiger partial charge in [-0.05, 0) is 18.6 Å². The van der Waals surface area contributed by atoms with Crippen LogP contribution in [0.4, 0.5) is 0 Å². The molecule has 0 amide bonds. The summed E-state index contributed by atoms with van der Waals surface area (Å²) < 4.78 is 0. The molecular formula is C15H15Cl2N5O2S. The van der Waals surface area contributed by atoms with Crippen molar-refractivity contribution in [2.45, 2.75) is 12.3 Å². The van der Waals surface area contributed by atoms with E-state index in [1.54, 1.807) is 23.1 Å². The van der Waals surface area contributed by atoms with Gasteiger partial charge in [0.15, 0.2) is 5.82 Å². The van der Waals surface area contributed by atoms with Crippen molar-refractivity contribution in [1.29, 1.82) is 0 Å². The molecule has 0 aromatic heterocycles. The second-order valence-electron chi connectivity index (χ2n) is 5.65. The van der Waals surface area contributed by atoms with Gasteiger partial charge in [0.05, 0.1) is 4.92 Å². The number of rotatable bonds is 3. The van der Waals surface area contributed by atoms with E-state index in [0.29, 0.717) is 24.5 Å². The van der Waals surface area contributed by atoms with Gasteiger partial charge in [-0.2, -0.15) is 0 Å². The Hall–Kier alpha value is -2.03. The quantitative estimate of drug-likeness (QED) is 0.406. The highest BCUT2D eigenvalue weighted by Crippen LogP contribution is 2.45. The predicted octanol–water partition coefficient (Wildman–Crippen LogP) is 2.29. The normalized spacial score (nSPS) is 20.2. The van der Waals surface area contributed by atoms with E-state index < -0.39 is 10.8 Å². The van der Waals surface area contributed by atoms with Crippen molar-refractivity contribution in [3.63, 3.8) is 0 Å². The number of allylic oxidation sites excluding steroid dienone is 1. The summed E-state index contributed by atoms with van der Waals surface area (Å²) in [5.41, 5.74) is 12.7. The van der Waals surface area contributed by atoms with Gasteiger partial charge in [0.1, 0.15) is 16.7 Å². The van der Waals surface area contributed by atoms with E-state index in [4.69, 9.17) is 46.9 Å². The van der Waals surface area contributed by atoms with Crippen molar-refractivity contribution in [3.8, 4) is 0 Å². The topological polar surface area (TPSA) is 110 Å². The van der Waals surface area contributed by atoms with Crippen molar-refractivity contribution in [2.75, 3.05) is 13.1 Å². The van der Waals surface area contributed by atoms with Crippen LogP contribution < -0.4 is 16.8 Å². The first-order chi connectivity index (χ1) is 11.8. The van der Waals surface area contributed by atoms with Gasteiger partial charge in [0.25, 0.3) is 5.70 Å². The van der Waals surface area contributed by atoms with Crippen LogP contribution in [0.2, 0.25) is 10.0 Å². The molecule has 0 aliphatic carbocycles. The Kier molecular flexibility index (Phi) is 4.77. The van der Waals surface area contributed by atoms with Crippen molar-refractivity contribution in [2.24, 2.45) is 11.5 Å². The monoisotopic (exact) mass is 399 g/mol. The number of hydrogen-bond acceptors (Lipinski definition) is 6. The summed E-state index contributed by atoms with van der Waals surface area (Å²) in [7, 11) is 0. The maximum atomic E-state index is 11.9. The van der Waals surface area contributed by atoms with Crippen LogP contribution in [0.15, 0.2) is 41.1 Å². The first kappa shape index (κ1) is 17.8. The van der Waals surface area contributed by atoms with Crippen LogP contribution in [0.3, 0.4) is 0 Å². The molecule has 7 nitrogen and oxygen atoms in total. The third kappa shape index (κ3) is 2.90. The second-order valence-corrected chi connectivity index (χ2v) is 6.91. The van der Waals surface area contributed by atoms with Crippen molar-refractivity contribution < 1.29 is 4.92 Å². The summed E-state index contributed by atoms with van der Waals surface area (Å²) in [4.78, 5) is 13.1. The maximum Gasteiger partial charge on any atom is 0.298 e. The molecule has 1 unspecified atom stereocenters. The van der Waals surface area contributed by atoms with Gasteiger partial charge < -0.3 is 21.7 Å². The molecule has 25 heavy (non-hydrogen) atoms. The Labute approximate surface area is 159 Å². The number of hydrogen-bond donors (Lipinski definition) is 3. The zero-order valence-corrected chi connectivity index (χ0v) is 15.3. The summed E-state index contributed by atoms with van der Waals surface area (Å²) in [5, 5.41) is 15.6. The Morgan fingerprint density at radius 3 is 2.60 bits per heavy atom. The zero-order valence-electron chi connectivity index (χ0n) is 13.0. The molecule has 132 valence electrons. The molecule has 3 rings (SSSR count). The molecule has 1 aromatic carbocycles. The highest BCUT2D eigenvalue weighted by atomic mass is 35.5. The van der Waals surface area contributed by atoms with Crippen LogP contribution in [-0.2, 0) is 0 Å². The molecule has 2 aliphatic heterocycles. The van der Waals surface area contributed by atoms with Gasteiger partial charge in [0.2, 0.25) is 0 Å². The summed E-state index contributed by atoms with van der Waals surface area (Å²) in [5.74, 6) is -0.346. The predicted molar refractivity (Wildman–Crippen MR) is 101 cm³/mol. The largest absolute Gasteiger partial charge is 0.390 e. The summed E-state index contributed by atoms with van der Waals surface area (Å²) in [6.45, 7) is 1.13. The minimum absolute atomic E-state index is 0.0255. The highest BCUT2D eigenvalue weighted by molar-refractivity contribution is 7.80. The molecule has 5 N–H and O–H groups in total. The third-order valence-corrected chi connectivity index (χ3v) is 5.12. The molecule has 1 fully saturated rings. The number of benzene rings is 1. The first-order valence-corrected chi connectivity index (χ1v) is 8.64. The third-order valence-electron chi connectivity index (χ3n) is 4.24. The average Bonchev–Trinajstić information content (AvgIpc) is 2.54. The average molecular weight is 400 g/mol. The van der Waals surface area contributed by atoms with Gasteiger partial charge in [-0.25, -0.2) is 0 Å². The molecule has 1 aromatic rings. The van der Waals surface area contributed by atoms with Crippen LogP contribution >= 0.6 is 35.4 Å². The lowest BCUT2D eigenvalue weighted by Gasteiger charge is -2.38. The van der Waals surface area contributed by atoms with Crippen LogP contribution in [0.1, 0.15) is 17.9 Å². The molecule has 10 heteroatoms. The van der Waals surface area contributed by atoms with Gasteiger partial charge in [-0.1, -0.05) is 41.5 Å². The lowest BCUT2D eigenvalue weighted by atomic mass is 9.84. The summed E-state index contributed by atoms with van der Waals surface area (Å²) in [6, 6.07) is 4.88. The van der Waals surface area contributed by atoms with Gasteiger partial charge >= 0.3 is 0 Å². The maximum absolute atomic E-state index is 11.9. The van der Waals surface area contributed by atoms with E-state index in [2.05, 4.69) is 5.32 Å². The lowest BCUT2D eigenvalue weighted by molar-refractivity contribution is -0.432. The summed E-state index contributed by atoms with van der Waals surface area (Å²) in [6.07, 6.45) is 0.775. The molecule has 1 saturated heterocycles. The van der Waals surface area contributed by atoms with E-state index in [9.17, 15) is 10.1 Å². The number of nitro groups is 1. The van der Waals surface area contributed by atoms with E-state index in [0.717, 1.165) is 6.42 Å². The van der Waals surface area contributed by atoms with Gasteiger partial charge in [-0.3, -0.25) is 10.1 Å². The Balaban J connectivity index is 2.34. The Morgan fingerprint density at radius 2 is 2.04 bits per heavy atom. The van der Waals surface area contributed by atoms with Crippen LogP contribution in [0, 0.1) is 10.1 Å². The minimum Gasteiger partial charge on any atom is -0.390 e. The standard InChI is InChI=1S/C15H15Cl2N5O2S/c16-7-3-1-4-8(17)9(7)10-11(14(19)25)13(18)21-6-2-5-20-15(21)12(10)22(23)24/h1,3-4,10,20H,2,5-6,18H2,(H2,19,25). The fourth-order valence-electron chi connectivity index (χ4n) is 3.22. The number of nitrogens with zero attached hydrogens (tertiary/aromatic N) is 2. The molecule has 1 atom stereocenters. The zero-order chi connectivity index (χ0) is 18.3. The number of nitrogens with one attached hydrogen (secondary N) is 1. The van der Waals surface area contributed by atoms with Crippen LogP contribution in [0.25, 0.3) is 0 Å². The smallest absolute Gasteiger partial charge is 0.298 e. The number of fused-ring (bicyclic) bond motifs is 1. The van der Waals surface area contributed by atoms with E-state index >= 15 is 0 Å². The second kappa shape index (κ2) is 6.70. The molecule has 2 heterocycles. The fraction of sp³-hybridized carbons (Fsp3) is 0.267. The van der Waals surface area contributed by atoms with Crippen molar-refractivity contribution in [3.05, 3.63) is 66.8 Å². The van der Waals surface area contributed by atoms with E-state index in [1.807, 2.05) is 0 Å². The molecule has 0 radical (unpaired) electrons. The SMILES string of the molecule is NC(=S)C1=C(N)N2CCCNC2=C([N+](=O)[O-])C1c1c(Cl)cccc1Cl. The fourth-order valence-corrected chi connectivity index (χ4v) is 4.05. The van der Waals surface area contributed by atoms with Crippen molar-refractivity contribution in [1.82, 2.24) is 10.2 Å². The molecular weight excluding hydrogens is 385 g/mol. The van der Waals surface area contributed by atoms with E-state index in [1.165, 1.54) is 0 Å². The van der Waals surface area contributed by atoms with Crippen molar-refractivity contribution >= 4 is 40.4 Å². The molecule has 0 saturated carbocycles.